The van der Waals surface area contributed by atoms with E-state index < -0.39 is 13.6 Å². The molecule has 0 aliphatic rings. The molecule has 0 spiro atoms. The van der Waals surface area contributed by atoms with E-state index >= 15 is 0 Å². The standard InChI is InChI=1S/C14H19N2O6PS/c1-4-19-14(17)10-7-12(11-9-24-16-15-11)22-13(10)8-23(18,20-5-2)21-6-3/h7,9H,4-6,8H2,1-3H3. The van der Waals surface area contributed by atoms with Gasteiger partial charge >= 0.3 is 13.6 Å². The smallest absolute Gasteiger partial charge is 0.341 e. The summed E-state index contributed by atoms with van der Waals surface area (Å²) in [6.07, 6.45) is -0.166. The molecular formula is C14H19N2O6PS. The number of carbonyl (C=O) groups excluding carboxylic acids is 1. The number of furan rings is 1. The van der Waals surface area contributed by atoms with Crippen molar-refractivity contribution in [2.24, 2.45) is 0 Å². The van der Waals surface area contributed by atoms with Crippen LogP contribution in [-0.4, -0.2) is 35.4 Å². The van der Waals surface area contributed by atoms with Crippen molar-refractivity contribution in [3.05, 3.63) is 22.8 Å². The van der Waals surface area contributed by atoms with E-state index in [9.17, 15) is 9.36 Å². The first-order chi connectivity index (χ1) is 11.5. The third-order valence-corrected chi connectivity index (χ3v) is 5.39. The second-order valence-corrected chi connectivity index (χ2v) is 7.23. The number of ether oxygens (including phenoxy) is 1. The lowest BCUT2D eigenvalue weighted by Crippen LogP contribution is -2.07. The molecule has 0 fully saturated rings. The minimum absolute atomic E-state index is 0.166. The quantitative estimate of drug-likeness (QED) is 0.483. The molecule has 0 amide bonds. The van der Waals surface area contributed by atoms with Gasteiger partial charge in [0.1, 0.15) is 23.2 Å². The largest absolute Gasteiger partial charge is 0.462 e. The van der Waals surface area contributed by atoms with Gasteiger partial charge in [-0.3, -0.25) is 4.57 Å². The molecule has 0 saturated heterocycles. The SMILES string of the molecule is CCOC(=O)c1cc(-c2csnn2)oc1CP(=O)(OCC)OCC. The highest BCUT2D eigenvalue weighted by atomic mass is 32.1. The number of hydrogen-bond donors (Lipinski definition) is 0. The van der Waals surface area contributed by atoms with Gasteiger partial charge in [-0.15, -0.1) is 5.10 Å². The lowest BCUT2D eigenvalue weighted by atomic mass is 10.2. The van der Waals surface area contributed by atoms with Gasteiger partial charge in [0.25, 0.3) is 0 Å². The average Bonchev–Trinajstić information content (AvgIpc) is 3.16. The van der Waals surface area contributed by atoms with E-state index in [1.165, 1.54) is 6.07 Å². The van der Waals surface area contributed by atoms with Gasteiger partial charge in [0, 0.05) is 11.4 Å². The van der Waals surface area contributed by atoms with E-state index in [1.807, 2.05) is 0 Å². The Morgan fingerprint density at radius 3 is 2.50 bits per heavy atom. The van der Waals surface area contributed by atoms with Crippen LogP contribution in [0.15, 0.2) is 15.9 Å². The van der Waals surface area contributed by atoms with Gasteiger partial charge in [-0.05, 0) is 32.3 Å². The van der Waals surface area contributed by atoms with E-state index in [0.717, 1.165) is 11.5 Å². The Labute approximate surface area is 143 Å². The van der Waals surface area contributed by atoms with Crippen LogP contribution in [0.4, 0.5) is 0 Å². The summed E-state index contributed by atoms with van der Waals surface area (Å²) in [5, 5.41) is 5.59. The van der Waals surface area contributed by atoms with Gasteiger partial charge in [-0.2, -0.15) is 0 Å². The number of nitrogens with zero attached hydrogens (tertiary/aromatic N) is 2. The first-order valence-electron chi connectivity index (χ1n) is 7.48. The van der Waals surface area contributed by atoms with Gasteiger partial charge in [0.15, 0.2) is 5.76 Å². The second kappa shape index (κ2) is 8.53. The molecule has 0 saturated carbocycles. The highest BCUT2D eigenvalue weighted by Crippen LogP contribution is 2.52. The third kappa shape index (κ3) is 4.51. The maximum absolute atomic E-state index is 12.7. The Bertz CT molecular complexity index is 705. The molecule has 0 aromatic carbocycles. The summed E-state index contributed by atoms with van der Waals surface area (Å²) in [7, 11) is -3.43. The monoisotopic (exact) mass is 374 g/mol. The molecule has 2 heterocycles. The lowest BCUT2D eigenvalue weighted by molar-refractivity contribution is 0.0524. The van der Waals surface area contributed by atoms with Crippen LogP contribution < -0.4 is 0 Å². The first kappa shape index (κ1) is 18.8. The normalized spacial score (nSPS) is 11.6. The van der Waals surface area contributed by atoms with Crippen molar-refractivity contribution in [1.29, 1.82) is 0 Å². The van der Waals surface area contributed by atoms with Crippen LogP contribution in [0.2, 0.25) is 0 Å². The molecule has 0 aliphatic heterocycles. The molecule has 0 atom stereocenters. The number of esters is 1. The Hall–Kier alpha value is -1.54. The molecule has 0 unspecified atom stereocenters. The summed E-state index contributed by atoms with van der Waals surface area (Å²) in [5.74, 6) is -0.0340. The Balaban J connectivity index is 2.39. The van der Waals surface area contributed by atoms with Crippen LogP contribution in [0.3, 0.4) is 0 Å². The minimum atomic E-state index is -3.43. The maximum atomic E-state index is 12.7. The van der Waals surface area contributed by atoms with E-state index in [2.05, 4.69) is 9.59 Å². The van der Waals surface area contributed by atoms with E-state index in [4.69, 9.17) is 18.2 Å². The molecule has 24 heavy (non-hydrogen) atoms. The molecule has 0 aliphatic carbocycles. The summed E-state index contributed by atoms with van der Waals surface area (Å²) < 4.78 is 37.7. The van der Waals surface area contributed by atoms with Gasteiger partial charge in [0.05, 0.1) is 19.8 Å². The fourth-order valence-electron chi connectivity index (χ4n) is 2.02. The molecule has 2 aromatic rings. The fraction of sp³-hybridized carbons (Fsp3) is 0.500. The Morgan fingerprint density at radius 1 is 1.25 bits per heavy atom. The zero-order chi connectivity index (χ0) is 17.6. The van der Waals surface area contributed by atoms with E-state index in [-0.39, 0.29) is 37.3 Å². The third-order valence-electron chi connectivity index (χ3n) is 2.91. The van der Waals surface area contributed by atoms with E-state index in [1.54, 1.807) is 26.2 Å². The van der Waals surface area contributed by atoms with Crippen molar-refractivity contribution >= 4 is 25.1 Å². The van der Waals surface area contributed by atoms with Crippen molar-refractivity contribution in [1.82, 2.24) is 9.59 Å². The van der Waals surface area contributed by atoms with Crippen LogP contribution >= 0.6 is 19.1 Å². The number of rotatable bonds is 9. The summed E-state index contributed by atoms with van der Waals surface area (Å²) in [4.78, 5) is 12.2. The summed E-state index contributed by atoms with van der Waals surface area (Å²) in [6, 6.07) is 1.51. The van der Waals surface area contributed by atoms with Gasteiger partial charge in [-0.25, -0.2) is 4.79 Å². The van der Waals surface area contributed by atoms with Crippen molar-refractivity contribution in [3.63, 3.8) is 0 Å². The van der Waals surface area contributed by atoms with Crippen LogP contribution in [-0.2, 0) is 24.5 Å². The highest BCUT2D eigenvalue weighted by molar-refractivity contribution is 7.53. The topological polar surface area (TPSA) is 101 Å². The first-order valence-corrected chi connectivity index (χ1v) is 10.0. The predicted molar refractivity (Wildman–Crippen MR) is 88.1 cm³/mol. The molecule has 132 valence electrons. The molecular weight excluding hydrogens is 355 g/mol. The Kier molecular flexibility index (Phi) is 6.68. The van der Waals surface area contributed by atoms with Crippen LogP contribution in [0, 0.1) is 0 Å². The molecule has 8 nitrogen and oxygen atoms in total. The van der Waals surface area contributed by atoms with Crippen LogP contribution in [0.25, 0.3) is 11.5 Å². The van der Waals surface area contributed by atoms with Crippen LogP contribution in [0.5, 0.6) is 0 Å². The zero-order valence-electron chi connectivity index (χ0n) is 13.7. The summed E-state index contributed by atoms with van der Waals surface area (Å²) in [5.41, 5.74) is 0.666. The van der Waals surface area contributed by atoms with Gasteiger partial charge < -0.3 is 18.2 Å². The maximum Gasteiger partial charge on any atom is 0.341 e. The second-order valence-electron chi connectivity index (χ2n) is 4.56. The molecule has 2 aromatic heterocycles. The van der Waals surface area contributed by atoms with Crippen molar-refractivity contribution in [2.75, 3.05) is 19.8 Å². The lowest BCUT2D eigenvalue weighted by Gasteiger charge is -2.16. The zero-order valence-corrected chi connectivity index (χ0v) is 15.4. The molecule has 0 bridgehead atoms. The average molecular weight is 374 g/mol. The predicted octanol–water partition coefficient (Wildman–Crippen LogP) is 3.74. The number of hydrogen-bond acceptors (Lipinski definition) is 9. The molecule has 0 radical (unpaired) electrons. The summed E-state index contributed by atoms with van der Waals surface area (Å²) >= 11 is 1.16. The number of aromatic nitrogens is 2. The van der Waals surface area contributed by atoms with Crippen molar-refractivity contribution in [3.8, 4) is 11.5 Å². The van der Waals surface area contributed by atoms with Crippen molar-refractivity contribution in [2.45, 2.75) is 26.9 Å². The van der Waals surface area contributed by atoms with Gasteiger partial charge in [0.2, 0.25) is 0 Å². The van der Waals surface area contributed by atoms with Crippen LogP contribution in [0.1, 0.15) is 36.9 Å². The molecule has 0 N–H and O–H groups in total. The van der Waals surface area contributed by atoms with E-state index in [0.29, 0.717) is 11.5 Å². The van der Waals surface area contributed by atoms with Gasteiger partial charge in [-0.1, -0.05) is 4.49 Å². The molecule has 10 heteroatoms. The fourth-order valence-corrected chi connectivity index (χ4v) is 4.10. The van der Waals surface area contributed by atoms with Crippen molar-refractivity contribution < 1.29 is 27.6 Å². The molecule has 2 rings (SSSR count). The minimum Gasteiger partial charge on any atom is -0.462 e. The Morgan fingerprint density at radius 2 is 1.96 bits per heavy atom. The highest BCUT2D eigenvalue weighted by Gasteiger charge is 2.31. The summed E-state index contributed by atoms with van der Waals surface area (Å²) in [6.45, 7) is 5.78. The number of carbonyl (C=O) groups is 1.